The van der Waals surface area contributed by atoms with E-state index in [4.69, 9.17) is 43.0 Å². The maximum absolute atomic E-state index is 12.1. The number of carbonyl (C=O) groups excluding carboxylic acids is 2. The number of morpholine rings is 2. The van der Waals surface area contributed by atoms with Gasteiger partial charge < -0.3 is 53.2 Å². The summed E-state index contributed by atoms with van der Waals surface area (Å²) in [6.07, 6.45) is -4.58. The van der Waals surface area contributed by atoms with E-state index in [1.165, 1.54) is 66.7 Å². The van der Waals surface area contributed by atoms with E-state index in [0.29, 0.717) is 5.56 Å². The van der Waals surface area contributed by atoms with E-state index in [1.807, 2.05) is 49.4 Å². The highest BCUT2D eigenvalue weighted by Gasteiger charge is 2.56. The van der Waals surface area contributed by atoms with Crippen LogP contribution in [0.2, 0.25) is 0 Å². The average Bonchev–Trinajstić information content (AvgIpc) is 4.50. The Hall–Kier alpha value is -5.22. The Morgan fingerprint density at radius 3 is 1.71 bits per heavy atom. The van der Waals surface area contributed by atoms with Gasteiger partial charge in [-0.2, -0.15) is 0 Å². The molecule has 83 heavy (non-hydrogen) atoms. The lowest BCUT2D eigenvalue weighted by molar-refractivity contribution is -0.226. The Bertz CT molecular complexity index is 3110. The topological polar surface area (TPSA) is 175 Å². The average molecular weight is 1180 g/mol. The summed E-state index contributed by atoms with van der Waals surface area (Å²) < 4.78 is 46.2. The normalized spacial score (nSPS) is 25.5. The van der Waals surface area contributed by atoms with Gasteiger partial charge in [0.1, 0.15) is 36.6 Å². The van der Waals surface area contributed by atoms with Crippen molar-refractivity contribution in [3.63, 3.8) is 0 Å². The van der Waals surface area contributed by atoms with Crippen molar-refractivity contribution in [2.24, 2.45) is 5.92 Å². The molecule has 0 amide bonds. The Labute approximate surface area is 497 Å². The molecule has 17 heteroatoms. The summed E-state index contributed by atoms with van der Waals surface area (Å²) in [7, 11) is 1.00. The summed E-state index contributed by atoms with van der Waals surface area (Å²) in [5.41, 5.74) is 11.4. The minimum atomic E-state index is -0.992. The number of aryl methyl sites for hydroxylation is 2. The van der Waals surface area contributed by atoms with E-state index in [0.717, 1.165) is 102 Å². The van der Waals surface area contributed by atoms with Gasteiger partial charge in [-0.3, -0.25) is 19.4 Å². The van der Waals surface area contributed by atoms with Gasteiger partial charge in [0.15, 0.2) is 18.2 Å². The Balaban J connectivity index is 0.000000194. The van der Waals surface area contributed by atoms with Crippen molar-refractivity contribution >= 4 is 34.6 Å². The molecule has 2 aromatic heterocycles. The molecule has 0 spiro atoms. The molecular formula is C66H82N2O13S2. The summed E-state index contributed by atoms with van der Waals surface area (Å²) >= 11 is 3.61. The largest absolute Gasteiger partial charge is 0.458 e. The van der Waals surface area contributed by atoms with Gasteiger partial charge in [0, 0.05) is 98.5 Å². The Morgan fingerprint density at radius 2 is 1.18 bits per heavy atom. The predicted molar refractivity (Wildman–Crippen MR) is 321 cm³/mol. The maximum atomic E-state index is 12.1. The minimum absolute atomic E-state index is 0.128. The van der Waals surface area contributed by atoms with Crippen molar-refractivity contribution in [1.82, 2.24) is 9.80 Å². The van der Waals surface area contributed by atoms with Crippen LogP contribution in [0.4, 0.5) is 0 Å². The van der Waals surface area contributed by atoms with E-state index in [9.17, 15) is 19.8 Å². The smallest absolute Gasteiger partial charge is 0.303 e. The number of ether oxygens (including phenoxy) is 8. The monoisotopic (exact) mass is 1170 g/mol. The predicted octanol–water partition coefficient (Wildman–Crippen LogP) is 10.1. The lowest BCUT2D eigenvalue weighted by atomic mass is 9.85. The second-order valence-electron chi connectivity index (χ2n) is 22.7. The molecule has 5 saturated heterocycles. The fourth-order valence-corrected chi connectivity index (χ4v) is 13.6. The van der Waals surface area contributed by atoms with Crippen LogP contribution in [0.25, 0.3) is 20.9 Å². The number of hydrogen-bond donors (Lipinski definition) is 3. The maximum Gasteiger partial charge on any atom is 0.303 e. The van der Waals surface area contributed by atoms with Gasteiger partial charge in [-0.15, -0.1) is 22.7 Å². The van der Waals surface area contributed by atoms with Crippen molar-refractivity contribution < 1.29 is 62.8 Å². The first-order valence-electron chi connectivity index (χ1n) is 28.9. The Morgan fingerprint density at radius 1 is 0.663 bits per heavy atom. The van der Waals surface area contributed by atoms with Crippen molar-refractivity contribution in [2.75, 3.05) is 59.7 Å². The minimum Gasteiger partial charge on any atom is -0.458 e. The molecular weight excluding hydrogens is 1090 g/mol. The number of benzene rings is 4. The molecule has 7 heterocycles. The molecule has 4 aromatic carbocycles. The molecule has 0 bridgehead atoms. The van der Waals surface area contributed by atoms with Crippen LogP contribution in [-0.4, -0.2) is 145 Å². The molecule has 15 nitrogen and oxygen atoms in total. The van der Waals surface area contributed by atoms with Gasteiger partial charge in [0.25, 0.3) is 0 Å². The van der Waals surface area contributed by atoms with E-state index in [-0.39, 0.29) is 12.0 Å². The third-order valence-corrected chi connectivity index (χ3v) is 18.4. The van der Waals surface area contributed by atoms with Crippen LogP contribution in [0.1, 0.15) is 108 Å². The number of esters is 2. The van der Waals surface area contributed by atoms with Crippen molar-refractivity contribution in [2.45, 2.75) is 142 Å². The lowest BCUT2D eigenvalue weighted by Crippen LogP contribution is -2.52. The number of aliphatic hydroxyl groups excluding tert-OH is 3. The van der Waals surface area contributed by atoms with Crippen molar-refractivity contribution in [3.8, 4) is 20.9 Å². The molecule has 2 unspecified atom stereocenters. The SMILES string of the molecule is CC(=O)O[C@H]1[C@H](C)[C@@H](C)OC(c2ccc(C)c(Cc3ccc(-c4cccc(CN5CCOCC5)c4)s3)c2)[C@@H]1OC(C)=O.CO.Cc1ccc(C(O)[C@@H]2O[C@H]3OC(C)(C)O[C@H]3[C@@H]2O)cc1Cc1ccc(-c2cccc(CN3CCOCC3)c2)s1. The van der Waals surface area contributed by atoms with Crippen LogP contribution < -0.4 is 0 Å². The number of hydrogen-bond acceptors (Lipinski definition) is 17. The number of rotatable bonds is 15. The third kappa shape index (κ3) is 15.8. The number of carbonyl (C=O) groups is 2. The molecule has 3 N–H and O–H groups in total. The van der Waals surface area contributed by atoms with Crippen LogP contribution in [0.15, 0.2) is 109 Å². The summed E-state index contributed by atoms with van der Waals surface area (Å²) in [5, 5.41) is 29.0. The summed E-state index contributed by atoms with van der Waals surface area (Å²) in [5.74, 6) is -1.77. The molecule has 5 fully saturated rings. The van der Waals surface area contributed by atoms with E-state index >= 15 is 0 Å². The third-order valence-electron chi connectivity index (χ3n) is 16.1. The molecule has 6 aromatic rings. The molecule has 5 aliphatic rings. The lowest BCUT2D eigenvalue weighted by Gasteiger charge is -2.43. The number of thiophene rings is 2. The zero-order chi connectivity index (χ0) is 59.0. The van der Waals surface area contributed by atoms with Crippen LogP contribution in [-0.2, 0) is 73.4 Å². The molecule has 446 valence electrons. The molecule has 11 rings (SSSR count). The van der Waals surface area contributed by atoms with Crippen molar-refractivity contribution in [1.29, 1.82) is 0 Å². The van der Waals surface area contributed by atoms with Crippen LogP contribution in [0, 0.1) is 19.8 Å². The highest BCUT2D eigenvalue weighted by Crippen LogP contribution is 2.43. The summed E-state index contributed by atoms with van der Waals surface area (Å²) in [4.78, 5) is 33.9. The highest BCUT2D eigenvalue weighted by molar-refractivity contribution is 7.15. The standard InChI is InChI=1S/C34H41NO6S.C31H37NO6S.CH4O/c1-21-9-10-28(33-34(41-25(5)37)32(40-24(4)36)22(2)23(3)39-33)18-29(21)19-30-11-12-31(42-30)27-8-6-7-26(17-27)20-35-13-15-38-16-14-35;1-19-7-8-22(26(33)28-27(34)29-30(36-28)38-31(2,3)37-29)16-23(19)17-24-9-10-25(39-24)21-6-4-5-20(15-21)18-32-11-13-35-14-12-32;1-2/h6-12,17-18,22-23,32-34H,13-16,19-20H2,1-5H3;4-10,15-16,26-30,33-34H,11-14,17-18H2,1-3H3;2H,1H3/t22-,23-,32+,33?,34-;26?,27-,28+,29+,30+;/m11./s1. The second-order valence-corrected chi connectivity index (χ2v) is 25.0. The van der Waals surface area contributed by atoms with E-state index in [2.05, 4.69) is 109 Å². The number of nitrogens with zero attached hydrogens (tertiary/aromatic N) is 2. The van der Waals surface area contributed by atoms with Gasteiger partial charge in [0.2, 0.25) is 0 Å². The second kappa shape index (κ2) is 28.3. The van der Waals surface area contributed by atoms with E-state index in [1.54, 1.807) is 25.2 Å². The Kier molecular flexibility index (Phi) is 21.3. The zero-order valence-electron chi connectivity index (χ0n) is 49.3. The summed E-state index contributed by atoms with van der Waals surface area (Å²) in [6.45, 7) is 23.5. The fraction of sp³-hybridized carbons (Fsp3) is 0.485. The van der Waals surface area contributed by atoms with Gasteiger partial charge in [0.05, 0.1) is 32.5 Å². The molecule has 0 saturated carbocycles. The van der Waals surface area contributed by atoms with Gasteiger partial charge >= 0.3 is 11.9 Å². The molecule has 5 aliphatic heterocycles. The number of fused-ring (bicyclic) bond motifs is 1. The quantitative estimate of drug-likeness (QED) is 0.0828. The molecule has 10 atom stereocenters. The van der Waals surface area contributed by atoms with Gasteiger partial charge in [-0.05, 0) is 127 Å². The zero-order valence-corrected chi connectivity index (χ0v) is 50.9. The van der Waals surface area contributed by atoms with Crippen LogP contribution >= 0.6 is 22.7 Å². The molecule has 0 aliphatic carbocycles. The van der Waals surface area contributed by atoms with Gasteiger partial charge in [-0.25, -0.2) is 0 Å². The fourth-order valence-electron chi connectivity index (χ4n) is 11.5. The van der Waals surface area contributed by atoms with Gasteiger partial charge in [-0.1, -0.05) is 79.7 Å². The molecule has 0 radical (unpaired) electrons. The first-order valence-corrected chi connectivity index (χ1v) is 30.5. The van der Waals surface area contributed by atoms with Crippen LogP contribution in [0.5, 0.6) is 0 Å². The van der Waals surface area contributed by atoms with Crippen LogP contribution in [0.3, 0.4) is 0 Å². The van der Waals surface area contributed by atoms with E-state index < -0.39 is 66.7 Å². The summed E-state index contributed by atoms with van der Waals surface area (Å²) in [6, 6.07) is 38.7. The first-order chi connectivity index (χ1) is 39.9. The first kappa shape index (κ1) is 62.3. The number of aliphatic hydroxyl groups is 3. The van der Waals surface area contributed by atoms with Crippen molar-refractivity contribution in [3.05, 3.63) is 163 Å². The highest BCUT2D eigenvalue weighted by atomic mass is 32.1.